The number of halogens is 2. The van der Waals surface area contributed by atoms with E-state index in [-0.39, 0.29) is 65.6 Å². The van der Waals surface area contributed by atoms with E-state index < -0.39 is 33.4 Å². The Morgan fingerprint density at radius 1 is 1.10 bits per heavy atom. The summed E-state index contributed by atoms with van der Waals surface area (Å²) in [6.45, 7) is 0.467. The molecule has 15 heteroatoms. The van der Waals surface area contributed by atoms with E-state index in [1.807, 2.05) is 0 Å². The summed E-state index contributed by atoms with van der Waals surface area (Å²) in [6.07, 6.45) is 3.20. The number of nitrogens with one attached hydrogen (secondary N) is 1. The summed E-state index contributed by atoms with van der Waals surface area (Å²) in [5.74, 6) is -1.21. The predicted molar refractivity (Wildman–Crippen MR) is 142 cm³/mol. The van der Waals surface area contributed by atoms with Gasteiger partial charge in [-0.05, 0) is 30.3 Å². The van der Waals surface area contributed by atoms with Crippen molar-refractivity contribution in [3.8, 4) is 0 Å². The molecule has 0 unspecified atom stereocenters. The highest BCUT2D eigenvalue weighted by molar-refractivity contribution is 7.89. The van der Waals surface area contributed by atoms with Gasteiger partial charge in [0.1, 0.15) is 16.2 Å². The number of hydrogen-bond donors (Lipinski definition) is 1. The average molecular weight is 594 g/mol. The second-order valence-corrected chi connectivity index (χ2v) is 12.3. The third-order valence-electron chi connectivity index (χ3n) is 6.93. The number of benzene rings is 1. The Kier molecular flexibility index (Phi) is 7.51. The molecule has 12 nitrogen and oxygen atoms in total. The van der Waals surface area contributed by atoms with E-state index in [1.54, 1.807) is 25.5 Å². The molecule has 1 N–H and O–H groups in total. The maximum absolute atomic E-state index is 13.5. The largest absolute Gasteiger partial charge is 0.354 e. The van der Waals surface area contributed by atoms with Crippen LogP contribution in [0.1, 0.15) is 28.5 Å². The lowest BCUT2D eigenvalue weighted by molar-refractivity contribution is -0.122. The number of carbonyl (C=O) groups is 2. The van der Waals surface area contributed by atoms with Gasteiger partial charge in [-0.1, -0.05) is 28.4 Å². The Labute approximate surface area is 234 Å². The van der Waals surface area contributed by atoms with Crippen molar-refractivity contribution in [3.63, 3.8) is 0 Å². The quantitative estimate of drug-likeness (QED) is 0.471. The van der Waals surface area contributed by atoms with Gasteiger partial charge in [0.15, 0.2) is 0 Å². The number of fused-ring (bicyclic) bond motifs is 6. The van der Waals surface area contributed by atoms with Crippen molar-refractivity contribution in [2.24, 2.45) is 5.92 Å². The van der Waals surface area contributed by atoms with E-state index in [0.717, 1.165) is 0 Å². The Hall–Kier alpha value is -3.26. The highest BCUT2D eigenvalue weighted by Crippen LogP contribution is 2.36. The lowest BCUT2D eigenvalue weighted by Crippen LogP contribution is -2.39. The Bertz CT molecular complexity index is 1610. The van der Waals surface area contributed by atoms with E-state index in [0.29, 0.717) is 5.69 Å². The number of pyridine rings is 1. The van der Waals surface area contributed by atoms with Gasteiger partial charge in [0.25, 0.3) is 11.5 Å². The van der Waals surface area contributed by atoms with Crippen LogP contribution in [0.15, 0.2) is 52.4 Å². The molecule has 0 aliphatic carbocycles. The predicted octanol–water partition coefficient (Wildman–Crippen LogP) is 1.25. The van der Waals surface area contributed by atoms with Crippen LogP contribution in [0.5, 0.6) is 0 Å². The van der Waals surface area contributed by atoms with Crippen molar-refractivity contribution in [2.75, 3.05) is 33.2 Å². The monoisotopic (exact) mass is 593 g/mol. The molecule has 1 fully saturated rings. The first kappa shape index (κ1) is 27.3. The Morgan fingerprint density at radius 2 is 1.90 bits per heavy atom. The lowest BCUT2D eigenvalue weighted by Gasteiger charge is -2.20. The maximum atomic E-state index is 13.5. The summed E-state index contributed by atoms with van der Waals surface area (Å²) in [5, 5.41) is 11.4. The van der Waals surface area contributed by atoms with Gasteiger partial charge in [0, 0.05) is 56.8 Å². The molecule has 39 heavy (non-hydrogen) atoms. The number of rotatable bonds is 2. The number of sulfonamides is 1. The Balaban J connectivity index is 1.50. The number of likely N-dealkylation sites (N-methyl/N-ethyl adjacent to an activating group) is 1. The molecule has 0 radical (unpaired) electrons. The summed E-state index contributed by atoms with van der Waals surface area (Å²) in [7, 11) is -2.49. The smallest absolute Gasteiger partial charge is 0.263 e. The second-order valence-electron chi connectivity index (χ2n) is 9.55. The zero-order chi connectivity index (χ0) is 27.9. The molecule has 0 saturated carbocycles. The molecule has 2 aliphatic rings. The SMILES string of the molecule is CN1CCNC(=O)C[C@H]2CN(S(=O)(=O)c3cc(Cl)ccc3Cl)C[C@H]2n2cc(nn2)Cn2cccc(c2=O)C1=O. The molecule has 0 spiro atoms. The highest BCUT2D eigenvalue weighted by Gasteiger charge is 2.42. The van der Waals surface area contributed by atoms with Crippen molar-refractivity contribution in [3.05, 3.63) is 74.4 Å². The van der Waals surface area contributed by atoms with Gasteiger partial charge >= 0.3 is 0 Å². The van der Waals surface area contributed by atoms with Gasteiger partial charge in [0.05, 0.1) is 23.8 Å². The van der Waals surface area contributed by atoms with Gasteiger partial charge in [0.2, 0.25) is 15.9 Å². The molecule has 5 rings (SSSR count). The third kappa shape index (κ3) is 5.44. The Morgan fingerprint density at radius 3 is 2.69 bits per heavy atom. The van der Waals surface area contributed by atoms with Crippen LogP contribution in [-0.2, 0) is 21.4 Å². The van der Waals surface area contributed by atoms with Crippen LogP contribution in [0.3, 0.4) is 0 Å². The highest BCUT2D eigenvalue weighted by atomic mass is 35.5. The van der Waals surface area contributed by atoms with Crippen LogP contribution >= 0.6 is 23.2 Å². The molecule has 3 aromatic rings. The topological polar surface area (TPSA) is 140 Å². The zero-order valence-electron chi connectivity index (χ0n) is 20.8. The van der Waals surface area contributed by atoms with E-state index in [4.69, 9.17) is 23.2 Å². The molecule has 2 aliphatic heterocycles. The summed E-state index contributed by atoms with van der Waals surface area (Å²) in [4.78, 5) is 40.0. The lowest BCUT2D eigenvalue weighted by atomic mass is 9.99. The summed E-state index contributed by atoms with van der Waals surface area (Å²) in [5.41, 5.74) is -0.0406. The van der Waals surface area contributed by atoms with Crippen molar-refractivity contribution < 1.29 is 18.0 Å². The normalized spacial score (nSPS) is 21.1. The third-order valence-corrected chi connectivity index (χ3v) is 9.48. The average Bonchev–Trinajstić information content (AvgIpc) is 3.53. The van der Waals surface area contributed by atoms with E-state index in [1.165, 1.54) is 42.7 Å². The van der Waals surface area contributed by atoms with Crippen molar-refractivity contribution in [1.29, 1.82) is 0 Å². The molecule has 2 aromatic heterocycles. The number of amides is 2. The zero-order valence-corrected chi connectivity index (χ0v) is 23.2. The number of carbonyl (C=O) groups excluding carboxylic acids is 2. The number of nitrogens with zero attached hydrogens (tertiary/aromatic N) is 6. The van der Waals surface area contributed by atoms with Crippen molar-refractivity contribution in [2.45, 2.75) is 23.9 Å². The standard InChI is InChI=1S/C24H25Cl2N7O5S/c1-30-8-6-27-22(34)9-15-11-32(39(37,38)21-10-16(25)4-5-19(21)26)14-20(15)33-13-17(28-29-33)12-31-7-2-3-18(23(30)35)24(31)36/h2-5,7,10,13,15,20H,6,8-9,11-12,14H2,1H3,(H,27,34)/t15-,20+/m0/s1. The first-order chi connectivity index (χ1) is 18.5. The number of hydrogen-bond acceptors (Lipinski definition) is 7. The van der Waals surface area contributed by atoms with Crippen molar-refractivity contribution >= 4 is 45.0 Å². The van der Waals surface area contributed by atoms with E-state index >= 15 is 0 Å². The molecule has 2 amide bonds. The maximum Gasteiger partial charge on any atom is 0.263 e. The van der Waals surface area contributed by atoms with Gasteiger partial charge in [-0.3, -0.25) is 14.4 Å². The minimum Gasteiger partial charge on any atom is -0.354 e. The van der Waals surface area contributed by atoms with E-state index in [9.17, 15) is 22.8 Å². The fourth-order valence-corrected chi connectivity index (χ4v) is 7.11. The van der Waals surface area contributed by atoms with Gasteiger partial charge in [-0.25, -0.2) is 13.1 Å². The molecule has 206 valence electrons. The molecular weight excluding hydrogens is 569 g/mol. The van der Waals surface area contributed by atoms with Gasteiger partial charge in [-0.2, -0.15) is 4.31 Å². The molecule has 4 bridgehead atoms. The number of aromatic nitrogens is 4. The van der Waals surface area contributed by atoms with Gasteiger partial charge in [-0.15, -0.1) is 5.10 Å². The minimum atomic E-state index is -4.04. The fraction of sp³-hybridized carbons (Fsp3) is 0.375. The van der Waals surface area contributed by atoms with Crippen LogP contribution in [-0.4, -0.2) is 82.2 Å². The molecular formula is C24H25Cl2N7O5S. The van der Waals surface area contributed by atoms with Crippen LogP contribution in [0.25, 0.3) is 0 Å². The second kappa shape index (κ2) is 10.7. The minimum absolute atomic E-state index is 0.00203. The molecule has 1 aromatic carbocycles. The van der Waals surface area contributed by atoms with Gasteiger partial charge < -0.3 is 14.8 Å². The summed E-state index contributed by atoms with van der Waals surface area (Å²) in [6, 6.07) is 6.78. The van der Waals surface area contributed by atoms with Crippen LogP contribution in [0.4, 0.5) is 0 Å². The van der Waals surface area contributed by atoms with Crippen molar-refractivity contribution in [1.82, 2.24) is 34.1 Å². The molecule has 4 heterocycles. The fourth-order valence-electron chi connectivity index (χ4n) is 4.85. The van der Waals surface area contributed by atoms with E-state index in [2.05, 4.69) is 15.6 Å². The van der Waals surface area contributed by atoms with Crippen LogP contribution in [0.2, 0.25) is 10.0 Å². The molecule has 1 saturated heterocycles. The van der Waals surface area contributed by atoms with Crippen LogP contribution < -0.4 is 10.9 Å². The van der Waals surface area contributed by atoms with Crippen LogP contribution in [0, 0.1) is 5.92 Å². The first-order valence-electron chi connectivity index (χ1n) is 12.1. The first-order valence-corrected chi connectivity index (χ1v) is 14.3. The summed E-state index contributed by atoms with van der Waals surface area (Å²) >= 11 is 12.3. The summed E-state index contributed by atoms with van der Waals surface area (Å²) < 4.78 is 31.3. The molecule has 2 atom stereocenters.